The van der Waals surface area contributed by atoms with Crippen LogP contribution in [0.25, 0.3) is 6.08 Å². The van der Waals surface area contributed by atoms with E-state index < -0.39 is 0 Å². The maximum atomic E-state index is 11.8. The van der Waals surface area contributed by atoms with E-state index in [-0.39, 0.29) is 6.03 Å². The molecule has 108 valence electrons. The second-order valence-corrected chi connectivity index (χ2v) is 5.24. The maximum Gasteiger partial charge on any atom is 0.323 e. The number of aryl methyl sites for hydroxylation is 2. The summed E-state index contributed by atoms with van der Waals surface area (Å²) in [6.45, 7) is 3.98. The first kappa shape index (κ1) is 15.1. The Morgan fingerprint density at radius 1 is 1.14 bits per heavy atom. The van der Waals surface area contributed by atoms with Gasteiger partial charge in [-0.1, -0.05) is 41.4 Å². The third-order valence-corrected chi connectivity index (χ3v) is 3.20. The van der Waals surface area contributed by atoms with Crippen LogP contribution in [0.1, 0.15) is 16.7 Å². The molecule has 4 heteroatoms. The van der Waals surface area contributed by atoms with E-state index in [1.807, 2.05) is 50.2 Å². The lowest BCUT2D eigenvalue weighted by molar-refractivity contribution is 0.255. The molecule has 0 fully saturated rings. The van der Waals surface area contributed by atoms with Crippen LogP contribution in [0.5, 0.6) is 0 Å². The van der Waals surface area contributed by atoms with Gasteiger partial charge >= 0.3 is 6.03 Å². The molecule has 0 aromatic heterocycles. The number of urea groups is 1. The minimum Gasteiger partial charge on any atom is -0.314 e. The zero-order valence-corrected chi connectivity index (χ0v) is 12.7. The first-order valence-corrected chi connectivity index (χ1v) is 6.99. The van der Waals surface area contributed by atoms with Gasteiger partial charge in [0.15, 0.2) is 0 Å². The smallest absolute Gasteiger partial charge is 0.314 e. The fourth-order valence-electron chi connectivity index (χ4n) is 1.94. The van der Waals surface area contributed by atoms with Gasteiger partial charge in [0.2, 0.25) is 0 Å². The summed E-state index contributed by atoms with van der Waals surface area (Å²) in [6, 6.07) is 13.0. The number of rotatable bonds is 3. The molecule has 0 aliphatic heterocycles. The summed E-state index contributed by atoms with van der Waals surface area (Å²) in [5.41, 5.74) is 3.92. The molecule has 0 saturated carbocycles. The van der Waals surface area contributed by atoms with E-state index in [9.17, 15) is 4.79 Å². The Kier molecular flexibility index (Phi) is 5.01. The van der Waals surface area contributed by atoms with E-state index in [4.69, 9.17) is 11.6 Å². The quantitative estimate of drug-likeness (QED) is 0.844. The minimum absolute atomic E-state index is 0.278. The third-order valence-electron chi connectivity index (χ3n) is 2.97. The molecule has 0 saturated heterocycles. The van der Waals surface area contributed by atoms with Gasteiger partial charge in [-0.15, -0.1) is 0 Å². The molecule has 0 radical (unpaired) electrons. The second-order valence-electron chi connectivity index (χ2n) is 4.81. The molecule has 3 nitrogen and oxygen atoms in total. The van der Waals surface area contributed by atoms with E-state index >= 15 is 0 Å². The molecule has 0 spiro atoms. The van der Waals surface area contributed by atoms with Crippen molar-refractivity contribution in [2.45, 2.75) is 13.8 Å². The van der Waals surface area contributed by atoms with E-state index in [1.54, 1.807) is 18.3 Å². The highest BCUT2D eigenvalue weighted by Crippen LogP contribution is 2.15. The lowest BCUT2D eigenvalue weighted by Gasteiger charge is -2.08. The number of halogens is 1. The molecule has 2 N–H and O–H groups in total. The molecule has 2 amide bonds. The summed E-state index contributed by atoms with van der Waals surface area (Å²) in [5, 5.41) is 6.14. The number of carbonyl (C=O) groups is 1. The molecule has 2 aromatic carbocycles. The van der Waals surface area contributed by atoms with Crippen LogP contribution in [-0.4, -0.2) is 6.03 Å². The van der Waals surface area contributed by atoms with Crippen molar-refractivity contribution in [3.63, 3.8) is 0 Å². The van der Waals surface area contributed by atoms with Crippen LogP contribution >= 0.6 is 11.6 Å². The molecule has 2 rings (SSSR count). The van der Waals surface area contributed by atoms with Crippen molar-refractivity contribution in [1.29, 1.82) is 0 Å². The van der Waals surface area contributed by atoms with Crippen LogP contribution in [0, 0.1) is 13.8 Å². The molecule has 21 heavy (non-hydrogen) atoms. The zero-order valence-electron chi connectivity index (χ0n) is 12.0. The Bertz CT molecular complexity index is 680. The summed E-state index contributed by atoms with van der Waals surface area (Å²) in [6.07, 6.45) is 3.37. The Morgan fingerprint density at radius 2 is 1.95 bits per heavy atom. The number of hydrogen-bond acceptors (Lipinski definition) is 1. The van der Waals surface area contributed by atoms with Gasteiger partial charge in [0.25, 0.3) is 0 Å². The molecule has 0 aliphatic rings. The number of nitrogens with one attached hydrogen (secondary N) is 2. The molecule has 0 atom stereocenters. The van der Waals surface area contributed by atoms with Gasteiger partial charge in [-0.2, -0.15) is 0 Å². The van der Waals surface area contributed by atoms with Crippen molar-refractivity contribution in [2.24, 2.45) is 0 Å². The van der Waals surface area contributed by atoms with Crippen molar-refractivity contribution in [2.75, 3.05) is 5.32 Å². The molecule has 0 aliphatic carbocycles. The fourth-order valence-corrected chi connectivity index (χ4v) is 2.13. The Labute approximate surface area is 129 Å². The van der Waals surface area contributed by atoms with Crippen molar-refractivity contribution < 1.29 is 4.79 Å². The second kappa shape index (κ2) is 6.95. The first-order chi connectivity index (χ1) is 10.0. The lowest BCUT2D eigenvalue weighted by atomic mass is 10.1. The fraction of sp³-hybridized carbons (Fsp3) is 0.118. The van der Waals surface area contributed by atoms with Crippen LogP contribution in [0.2, 0.25) is 5.02 Å². The molecule has 2 aromatic rings. The van der Waals surface area contributed by atoms with Crippen molar-refractivity contribution in [3.05, 3.63) is 70.4 Å². The topological polar surface area (TPSA) is 41.1 Å². The molecular weight excluding hydrogens is 284 g/mol. The van der Waals surface area contributed by atoms with Crippen molar-refractivity contribution >= 4 is 29.4 Å². The summed E-state index contributed by atoms with van der Waals surface area (Å²) in [7, 11) is 0. The van der Waals surface area contributed by atoms with Gasteiger partial charge in [-0.25, -0.2) is 4.79 Å². The lowest BCUT2D eigenvalue weighted by Crippen LogP contribution is -2.24. The maximum absolute atomic E-state index is 11.8. The van der Waals surface area contributed by atoms with Crippen LogP contribution in [0.4, 0.5) is 10.5 Å². The SMILES string of the molecule is Cc1ccc(NC(=O)N/C=C/c2cccc(Cl)c2)c(C)c1. The first-order valence-electron chi connectivity index (χ1n) is 6.61. The Morgan fingerprint density at radius 3 is 2.67 bits per heavy atom. The zero-order chi connectivity index (χ0) is 15.2. The highest BCUT2D eigenvalue weighted by molar-refractivity contribution is 6.30. The summed E-state index contributed by atoms with van der Waals surface area (Å²) in [4.78, 5) is 11.8. The highest BCUT2D eigenvalue weighted by Gasteiger charge is 2.02. The largest absolute Gasteiger partial charge is 0.323 e. The van der Waals surface area contributed by atoms with Crippen LogP contribution in [0.15, 0.2) is 48.7 Å². The van der Waals surface area contributed by atoms with Gasteiger partial charge in [0, 0.05) is 16.9 Å². The van der Waals surface area contributed by atoms with Gasteiger partial charge in [0.05, 0.1) is 0 Å². The summed E-state index contributed by atoms with van der Waals surface area (Å²) >= 11 is 5.89. The van der Waals surface area contributed by atoms with Crippen LogP contribution in [0.3, 0.4) is 0 Å². The Balaban J connectivity index is 1.93. The molecular formula is C17H17ClN2O. The number of amides is 2. The van der Waals surface area contributed by atoms with Crippen LogP contribution < -0.4 is 10.6 Å². The predicted molar refractivity (Wildman–Crippen MR) is 88.6 cm³/mol. The number of hydrogen-bond donors (Lipinski definition) is 2. The summed E-state index contributed by atoms with van der Waals surface area (Å²) in [5.74, 6) is 0. The number of carbonyl (C=O) groups excluding carboxylic acids is 1. The monoisotopic (exact) mass is 300 g/mol. The van der Waals surface area contributed by atoms with Gasteiger partial charge in [-0.3, -0.25) is 0 Å². The summed E-state index contributed by atoms with van der Waals surface area (Å²) < 4.78 is 0. The van der Waals surface area contributed by atoms with E-state index in [0.717, 1.165) is 16.8 Å². The third kappa shape index (κ3) is 4.65. The number of benzene rings is 2. The average molecular weight is 301 g/mol. The Hall–Kier alpha value is -2.26. The minimum atomic E-state index is -0.278. The van der Waals surface area contributed by atoms with Gasteiger partial charge < -0.3 is 10.6 Å². The van der Waals surface area contributed by atoms with Crippen molar-refractivity contribution in [3.8, 4) is 0 Å². The van der Waals surface area contributed by atoms with Crippen LogP contribution in [-0.2, 0) is 0 Å². The standard InChI is InChI=1S/C17H17ClN2O/c1-12-6-7-16(13(2)10-12)20-17(21)19-9-8-14-4-3-5-15(18)11-14/h3-11H,1-2H3,(H2,19,20,21)/b9-8+. The predicted octanol–water partition coefficient (Wildman–Crippen LogP) is 4.75. The average Bonchev–Trinajstić information content (AvgIpc) is 2.42. The van der Waals surface area contributed by atoms with E-state index in [0.29, 0.717) is 5.02 Å². The normalized spacial score (nSPS) is 10.6. The van der Waals surface area contributed by atoms with E-state index in [1.165, 1.54) is 5.56 Å². The molecule has 0 unspecified atom stereocenters. The molecule has 0 bridgehead atoms. The highest BCUT2D eigenvalue weighted by atomic mass is 35.5. The molecule has 0 heterocycles. The van der Waals surface area contributed by atoms with E-state index in [2.05, 4.69) is 10.6 Å². The van der Waals surface area contributed by atoms with Gasteiger partial charge in [-0.05, 0) is 49.2 Å². The van der Waals surface area contributed by atoms with Gasteiger partial charge in [0.1, 0.15) is 0 Å². The number of anilines is 1. The van der Waals surface area contributed by atoms with Crippen molar-refractivity contribution in [1.82, 2.24) is 5.32 Å².